The monoisotopic (exact) mass is 264 g/mol. The van der Waals surface area contributed by atoms with E-state index in [2.05, 4.69) is 5.32 Å². The summed E-state index contributed by atoms with van der Waals surface area (Å²) in [4.78, 5) is 11.8. The molecular weight excluding hydrogens is 244 g/mol. The molecule has 0 radical (unpaired) electrons. The first kappa shape index (κ1) is 13.5. The van der Waals surface area contributed by atoms with Crippen molar-refractivity contribution in [1.29, 1.82) is 0 Å². The summed E-state index contributed by atoms with van der Waals surface area (Å²) in [6.45, 7) is 5.22. The number of carbonyl (C=O) groups is 1. The average molecular weight is 264 g/mol. The van der Waals surface area contributed by atoms with E-state index >= 15 is 0 Å². The standard InChI is InChI=1S/C14H20N2O3/c1-9(2)6-14(17)16-11-8-13-12(7-10(11)15)18-4-3-5-19-13/h7-9H,3-6,15H2,1-2H3,(H,16,17). The summed E-state index contributed by atoms with van der Waals surface area (Å²) in [7, 11) is 0. The number of hydrogen-bond donors (Lipinski definition) is 2. The average Bonchev–Trinajstić information content (AvgIpc) is 2.53. The van der Waals surface area contributed by atoms with Gasteiger partial charge < -0.3 is 20.5 Å². The predicted octanol–water partition coefficient (Wildman–Crippen LogP) is 2.41. The molecule has 2 rings (SSSR count). The van der Waals surface area contributed by atoms with Gasteiger partial charge in [0.05, 0.1) is 24.6 Å². The third-order valence-electron chi connectivity index (χ3n) is 2.79. The number of nitrogen functional groups attached to an aromatic ring is 1. The van der Waals surface area contributed by atoms with Gasteiger partial charge in [-0.3, -0.25) is 4.79 Å². The molecule has 0 bridgehead atoms. The van der Waals surface area contributed by atoms with Crippen molar-refractivity contribution in [2.24, 2.45) is 5.92 Å². The SMILES string of the molecule is CC(C)CC(=O)Nc1cc2c(cc1N)OCCCO2. The van der Waals surface area contributed by atoms with Crippen molar-refractivity contribution in [3.63, 3.8) is 0 Å². The van der Waals surface area contributed by atoms with E-state index in [0.29, 0.717) is 48.4 Å². The maximum atomic E-state index is 11.8. The second kappa shape index (κ2) is 5.82. The van der Waals surface area contributed by atoms with Gasteiger partial charge in [-0.15, -0.1) is 0 Å². The third-order valence-corrected chi connectivity index (χ3v) is 2.79. The summed E-state index contributed by atoms with van der Waals surface area (Å²) in [5.41, 5.74) is 6.99. The maximum Gasteiger partial charge on any atom is 0.224 e. The molecule has 5 nitrogen and oxygen atoms in total. The highest BCUT2D eigenvalue weighted by Gasteiger charge is 2.15. The molecule has 0 saturated heterocycles. The molecule has 3 N–H and O–H groups in total. The molecular formula is C14H20N2O3. The number of nitrogens with one attached hydrogen (secondary N) is 1. The minimum atomic E-state index is -0.0452. The molecule has 1 aromatic rings. The lowest BCUT2D eigenvalue weighted by Gasteiger charge is -2.13. The quantitative estimate of drug-likeness (QED) is 0.822. The Morgan fingerprint density at radius 1 is 1.32 bits per heavy atom. The summed E-state index contributed by atoms with van der Waals surface area (Å²) in [5.74, 6) is 1.53. The first-order valence-electron chi connectivity index (χ1n) is 6.55. The number of anilines is 2. The van der Waals surface area contributed by atoms with Crippen molar-refractivity contribution in [3.05, 3.63) is 12.1 Å². The van der Waals surface area contributed by atoms with Gasteiger partial charge in [-0.2, -0.15) is 0 Å². The molecule has 19 heavy (non-hydrogen) atoms. The number of fused-ring (bicyclic) bond motifs is 1. The molecule has 1 heterocycles. The number of carbonyl (C=O) groups excluding carboxylic acids is 1. The zero-order valence-electron chi connectivity index (χ0n) is 11.4. The highest BCUT2D eigenvalue weighted by Crippen LogP contribution is 2.36. The normalized spacial score (nSPS) is 14.1. The van der Waals surface area contributed by atoms with Gasteiger partial charge in [-0.1, -0.05) is 13.8 Å². The molecule has 0 fully saturated rings. The second-order valence-corrected chi connectivity index (χ2v) is 5.08. The van der Waals surface area contributed by atoms with Gasteiger partial charge in [-0.05, 0) is 5.92 Å². The van der Waals surface area contributed by atoms with E-state index in [9.17, 15) is 4.79 Å². The first-order chi connectivity index (χ1) is 9.06. The van der Waals surface area contributed by atoms with Crippen LogP contribution in [0, 0.1) is 5.92 Å². The second-order valence-electron chi connectivity index (χ2n) is 5.08. The summed E-state index contributed by atoms with van der Waals surface area (Å²) < 4.78 is 11.1. The van der Waals surface area contributed by atoms with Crippen molar-refractivity contribution in [1.82, 2.24) is 0 Å². The van der Waals surface area contributed by atoms with Crippen LogP contribution in [0.3, 0.4) is 0 Å². The number of ether oxygens (including phenoxy) is 2. The first-order valence-corrected chi connectivity index (χ1v) is 6.55. The Morgan fingerprint density at radius 2 is 1.95 bits per heavy atom. The van der Waals surface area contributed by atoms with Gasteiger partial charge in [0.25, 0.3) is 0 Å². The Hall–Kier alpha value is -1.91. The molecule has 1 aromatic carbocycles. The van der Waals surface area contributed by atoms with Gasteiger partial charge >= 0.3 is 0 Å². The van der Waals surface area contributed by atoms with Crippen LogP contribution in [-0.2, 0) is 4.79 Å². The lowest BCUT2D eigenvalue weighted by molar-refractivity contribution is -0.116. The molecule has 0 saturated carbocycles. The lowest BCUT2D eigenvalue weighted by atomic mass is 10.1. The maximum absolute atomic E-state index is 11.8. The molecule has 0 aromatic heterocycles. The summed E-state index contributed by atoms with van der Waals surface area (Å²) in [5, 5.41) is 2.81. The highest BCUT2D eigenvalue weighted by atomic mass is 16.5. The van der Waals surface area contributed by atoms with Crippen LogP contribution in [0.25, 0.3) is 0 Å². The number of hydrogen-bond acceptors (Lipinski definition) is 4. The van der Waals surface area contributed by atoms with E-state index in [4.69, 9.17) is 15.2 Å². The Bertz CT molecular complexity index is 472. The molecule has 5 heteroatoms. The van der Waals surface area contributed by atoms with Crippen LogP contribution in [0.1, 0.15) is 26.7 Å². The van der Waals surface area contributed by atoms with Crippen LogP contribution < -0.4 is 20.5 Å². The fourth-order valence-corrected chi connectivity index (χ4v) is 1.90. The zero-order chi connectivity index (χ0) is 13.8. The smallest absolute Gasteiger partial charge is 0.224 e. The van der Waals surface area contributed by atoms with E-state index in [-0.39, 0.29) is 5.91 Å². The molecule has 1 aliphatic heterocycles. The van der Waals surface area contributed by atoms with Crippen LogP contribution in [-0.4, -0.2) is 19.1 Å². The van der Waals surface area contributed by atoms with E-state index in [0.717, 1.165) is 6.42 Å². The summed E-state index contributed by atoms with van der Waals surface area (Å²) in [6.07, 6.45) is 1.30. The van der Waals surface area contributed by atoms with E-state index < -0.39 is 0 Å². The van der Waals surface area contributed by atoms with Crippen molar-refractivity contribution in [2.75, 3.05) is 24.3 Å². The molecule has 0 atom stereocenters. The van der Waals surface area contributed by atoms with Gasteiger partial charge in [0.15, 0.2) is 11.5 Å². The van der Waals surface area contributed by atoms with E-state index in [1.54, 1.807) is 12.1 Å². The molecule has 1 amide bonds. The summed E-state index contributed by atoms with van der Waals surface area (Å²) in [6, 6.07) is 3.43. The third kappa shape index (κ3) is 3.53. The topological polar surface area (TPSA) is 73.6 Å². The molecule has 0 unspecified atom stereocenters. The minimum absolute atomic E-state index is 0.0452. The van der Waals surface area contributed by atoms with Crippen molar-refractivity contribution >= 4 is 17.3 Å². The van der Waals surface area contributed by atoms with Gasteiger partial charge in [0.1, 0.15) is 0 Å². The largest absolute Gasteiger partial charge is 0.489 e. The Kier molecular flexibility index (Phi) is 4.14. The zero-order valence-corrected chi connectivity index (χ0v) is 11.4. The fraction of sp³-hybridized carbons (Fsp3) is 0.500. The van der Waals surface area contributed by atoms with E-state index in [1.807, 2.05) is 13.8 Å². The van der Waals surface area contributed by atoms with Gasteiger partial charge in [-0.25, -0.2) is 0 Å². The Balaban J connectivity index is 2.17. The number of rotatable bonds is 3. The highest BCUT2D eigenvalue weighted by molar-refractivity contribution is 5.94. The van der Waals surface area contributed by atoms with Crippen LogP contribution in [0.2, 0.25) is 0 Å². The van der Waals surface area contributed by atoms with Crippen LogP contribution in [0.15, 0.2) is 12.1 Å². The predicted molar refractivity (Wildman–Crippen MR) is 74.5 cm³/mol. The Labute approximate surface area is 113 Å². The van der Waals surface area contributed by atoms with Crippen LogP contribution in [0.4, 0.5) is 11.4 Å². The van der Waals surface area contributed by atoms with Gasteiger partial charge in [0, 0.05) is 25.0 Å². The Morgan fingerprint density at radius 3 is 2.58 bits per heavy atom. The van der Waals surface area contributed by atoms with Crippen molar-refractivity contribution < 1.29 is 14.3 Å². The van der Waals surface area contributed by atoms with Crippen LogP contribution in [0.5, 0.6) is 11.5 Å². The minimum Gasteiger partial charge on any atom is -0.489 e. The van der Waals surface area contributed by atoms with Crippen molar-refractivity contribution in [3.8, 4) is 11.5 Å². The molecule has 0 spiro atoms. The lowest BCUT2D eigenvalue weighted by Crippen LogP contribution is -2.15. The summed E-state index contributed by atoms with van der Waals surface area (Å²) >= 11 is 0. The molecule has 0 aliphatic carbocycles. The van der Waals surface area contributed by atoms with Crippen LogP contribution >= 0.6 is 0 Å². The van der Waals surface area contributed by atoms with E-state index in [1.165, 1.54) is 0 Å². The van der Waals surface area contributed by atoms with Crippen molar-refractivity contribution in [2.45, 2.75) is 26.7 Å². The molecule has 104 valence electrons. The number of benzene rings is 1. The number of nitrogens with two attached hydrogens (primary N) is 1. The van der Waals surface area contributed by atoms with Gasteiger partial charge in [0.2, 0.25) is 5.91 Å². The fourth-order valence-electron chi connectivity index (χ4n) is 1.90. The molecule has 1 aliphatic rings. The number of amides is 1.